The number of halogens is 1. The van der Waals surface area contributed by atoms with Crippen LogP contribution in [0.1, 0.15) is 38.3 Å². The van der Waals surface area contributed by atoms with Gasteiger partial charge in [-0.3, -0.25) is 9.78 Å². The first-order valence-corrected chi connectivity index (χ1v) is 15.4. The highest BCUT2D eigenvalue weighted by Gasteiger charge is 2.26. The van der Waals surface area contributed by atoms with E-state index in [2.05, 4.69) is 36.6 Å². The third-order valence-corrected chi connectivity index (χ3v) is 8.25. The molecular weight excluding hydrogens is 571 g/mol. The molecule has 5 aromatic rings. The summed E-state index contributed by atoms with van der Waals surface area (Å²) in [4.78, 5) is 24.1. The number of pyridine rings is 2. The summed E-state index contributed by atoms with van der Waals surface area (Å²) in [5.41, 5.74) is 3.74. The Morgan fingerprint density at radius 3 is 2.60 bits per heavy atom. The van der Waals surface area contributed by atoms with Crippen molar-refractivity contribution in [3.63, 3.8) is 0 Å². The lowest BCUT2D eigenvalue weighted by Gasteiger charge is -2.32. The Labute approximate surface area is 248 Å². The normalized spacial score (nSPS) is 15.0. The van der Waals surface area contributed by atoms with Gasteiger partial charge in [0.25, 0.3) is 0 Å². The monoisotopic (exact) mass is 602 g/mol. The third kappa shape index (κ3) is 5.56. The van der Waals surface area contributed by atoms with Gasteiger partial charge in [0.05, 0.1) is 29.1 Å². The van der Waals surface area contributed by atoms with Gasteiger partial charge in [-0.25, -0.2) is 0 Å². The molecule has 9 nitrogen and oxygen atoms in total. The van der Waals surface area contributed by atoms with E-state index in [0.29, 0.717) is 51.0 Å². The molecule has 0 unspecified atom stereocenters. The summed E-state index contributed by atoms with van der Waals surface area (Å²) >= 11 is 0. The highest BCUT2D eigenvalue weighted by atomic mass is 32.3. The van der Waals surface area contributed by atoms with E-state index in [1.165, 1.54) is 12.3 Å². The van der Waals surface area contributed by atoms with Crippen LogP contribution in [0.5, 0.6) is 11.5 Å². The standard InChI is InChI=1S/C32H31FN4O5S/c1-5-20-6-7-24-27(12-20)35-32-30(24)31(38)26-15-29(41-18-19(2)3)25(21-13-23(17-34-16-21)42-43(33,39)40)14-28(26)37(32)22-8-10-36(4)11-9-22/h1,6-7,12-17,19,22,35H,8-11,18H2,2-4H3. The van der Waals surface area contributed by atoms with E-state index in [1.54, 1.807) is 6.07 Å². The first kappa shape index (κ1) is 28.7. The zero-order chi connectivity index (χ0) is 30.5. The molecule has 1 N–H and O–H groups in total. The number of hydrogen-bond acceptors (Lipinski definition) is 7. The second kappa shape index (κ2) is 11.0. The molecule has 1 saturated heterocycles. The predicted octanol–water partition coefficient (Wildman–Crippen LogP) is 5.57. The first-order chi connectivity index (χ1) is 20.5. The van der Waals surface area contributed by atoms with Gasteiger partial charge in [-0.1, -0.05) is 29.7 Å². The molecule has 222 valence electrons. The summed E-state index contributed by atoms with van der Waals surface area (Å²) in [5.74, 6) is 2.99. The van der Waals surface area contributed by atoms with E-state index < -0.39 is 10.5 Å². The molecule has 0 radical (unpaired) electrons. The molecule has 1 fully saturated rings. The quantitative estimate of drug-likeness (QED) is 0.192. The second-order valence-corrected chi connectivity index (χ2v) is 12.4. The number of hydrogen-bond donors (Lipinski definition) is 1. The van der Waals surface area contributed by atoms with E-state index >= 15 is 0 Å². The maximum atomic E-state index is 14.3. The van der Waals surface area contributed by atoms with Crippen molar-refractivity contribution in [2.24, 2.45) is 5.92 Å². The van der Waals surface area contributed by atoms with Crippen LogP contribution in [-0.2, 0) is 10.5 Å². The van der Waals surface area contributed by atoms with Crippen LogP contribution in [0.2, 0.25) is 0 Å². The van der Waals surface area contributed by atoms with E-state index in [9.17, 15) is 17.1 Å². The highest BCUT2D eigenvalue weighted by Crippen LogP contribution is 2.39. The number of terminal acetylenes is 1. The molecule has 2 aromatic carbocycles. The molecule has 0 saturated carbocycles. The smallest absolute Gasteiger partial charge is 0.488 e. The molecular formula is C32H31FN4O5S. The van der Waals surface area contributed by atoms with Gasteiger partial charge in [0, 0.05) is 39.8 Å². The highest BCUT2D eigenvalue weighted by molar-refractivity contribution is 7.81. The molecule has 1 aliphatic rings. The van der Waals surface area contributed by atoms with Gasteiger partial charge < -0.3 is 23.4 Å². The van der Waals surface area contributed by atoms with Crippen molar-refractivity contribution in [2.45, 2.75) is 32.7 Å². The number of fused-ring (bicyclic) bond motifs is 4. The Morgan fingerprint density at radius 2 is 1.91 bits per heavy atom. The second-order valence-electron chi connectivity index (χ2n) is 11.4. The summed E-state index contributed by atoms with van der Waals surface area (Å²) in [6.07, 6.45) is 10.0. The average Bonchev–Trinajstić information content (AvgIpc) is 3.34. The number of rotatable bonds is 7. The number of nitrogens with zero attached hydrogens (tertiary/aromatic N) is 3. The minimum absolute atomic E-state index is 0.0849. The summed E-state index contributed by atoms with van der Waals surface area (Å²) < 4.78 is 48.6. The SMILES string of the molecule is C#Cc1ccc2c(c1)[nH]c1c2c(=O)c2cc(OCC(C)C)c(-c3cncc(OS(=O)(=O)F)c3)cc2n1C1CCN(C)CC1. The fraction of sp³-hybridized carbons (Fsp3) is 0.312. The van der Waals surface area contributed by atoms with Crippen LogP contribution in [-0.4, -0.2) is 54.6 Å². The molecule has 0 bridgehead atoms. The van der Waals surface area contributed by atoms with E-state index in [0.717, 1.165) is 43.0 Å². The van der Waals surface area contributed by atoms with Crippen LogP contribution in [0.3, 0.4) is 0 Å². The summed E-state index contributed by atoms with van der Waals surface area (Å²) in [7, 11) is -3.16. The maximum absolute atomic E-state index is 14.3. The topological polar surface area (TPSA) is 107 Å². The van der Waals surface area contributed by atoms with Gasteiger partial charge >= 0.3 is 10.5 Å². The number of likely N-dealkylation sites (tertiary alicyclic amines) is 1. The number of aromatic amines is 1. The molecule has 0 atom stereocenters. The number of benzene rings is 2. The van der Waals surface area contributed by atoms with Crippen molar-refractivity contribution in [1.29, 1.82) is 0 Å². The van der Waals surface area contributed by atoms with Gasteiger partial charge in [-0.15, -0.1) is 6.42 Å². The van der Waals surface area contributed by atoms with Crippen LogP contribution in [0, 0.1) is 18.3 Å². The van der Waals surface area contributed by atoms with Crippen LogP contribution in [0.25, 0.3) is 44.0 Å². The van der Waals surface area contributed by atoms with Crippen LogP contribution < -0.4 is 14.3 Å². The lowest BCUT2D eigenvalue weighted by molar-refractivity contribution is 0.226. The molecule has 0 spiro atoms. The first-order valence-electron chi connectivity index (χ1n) is 14.1. The van der Waals surface area contributed by atoms with Crippen LogP contribution in [0.4, 0.5) is 3.89 Å². The molecule has 11 heteroatoms. The van der Waals surface area contributed by atoms with E-state index in [1.807, 2.05) is 38.1 Å². The summed E-state index contributed by atoms with van der Waals surface area (Å²) in [6.45, 7) is 6.18. The van der Waals surface area contributed by atoms with E-state index in [-0.39, 0.29) is 23.1 Å². The average molecular weight is 603 g/mol. The fourth-order valence-electron chi connectivity index (χ4n) is 5.85. The predicted molar refractivity (Wildman–Crippen MR) is 165 cm³/mol. The van der Waals surface area contributed by atoms with Crippen LogP contribution in [0.15, 0.2) is 53.6 Å². The van der Waals surface area contributed by atoms with Crippen LogP contribution >= 0.6 is 0 Å². The molecule has 0 amide bonds. The summed E-state index contributed by atoms with van der Waals surface area (Å²) in [5, 5.41) is 1.86. The number of nitrogens with one attached hydrogen (secondary N) is 1. The molecule has 6 rings (SSSR count). The fourth-order valence-corrected chi connectivity index (χ4v) is 6.17. The molecule has 0 aliphatic carbocycles. The Bertz CT molecular complexity index is 2090. The number of aromatic nitrogens is 3. The molecule has 4 heterocycles. The largest absolute Gasteiger partial charge is 0.493 e. The van der Waals surface area contributed by atoms with Gasteiger partial charge in [0.1, 0.15) is 11.4 Å². The van der Waals surface area contributed by atoms with Gasteiger partial charge in [-0.05, 0) is 69.2 Å². The Hall–Kier alpha value is -4.40. The number of ether oxygens (including phenoxy) is 1. The lowest BCUT2D eigenvalue weighted by atomic mass is 9.99. The zero-order valence-corrected chi connectivity index (χ0v) is 24.9. The van der Waals surface area contributed by atoms with Crippen molar-refractivity contribution < 1.29 is 21.2 Å². The van der Waals surface area contributed by atoms with Gasteiger partial charge in [0.2, 0.25) is 0 Å². The van der Waals surface area contributed by atoms with Crippen molar-refractivity contribution in [1.82, 2.24) is 19.4 Å². The molecule has 1 aliphatic heterocycles. The molecule has 43 heavy (non-hydrogen) atoms. The number of H-pyrrole nitrogens is 1. The Kier molecular flexibility index (Phi) is 7.36. The van der Waals surface area contributed by atoms with Crippen molar-refractivity contribution in [3.8, 4) is 35.0 Å². The Balaban J connectivity index is 1.68. The third-order valence-electron chi connectivity index (χ3n) is 7.86. The minimum atomic E-state index is -5.25. The number of piperidine rings is 1. The zero-order valence-electron chi connectivity index (χ0n) is 24.1. The maximum Gasteiger partial charge on any atom is 0.488 e. The van der Waals surface area contributed by atoms with Crippen molar-refractivity contribution in [3.05, 3.63) is 64.6 Å². The Morgan fingerprint density at radius 1 is 1.14 bits per heavy atom. The van der Waals surface area contributed by atoms with Gasteiger partial charge in [0.15, 0.2) is 11.2 Å². The molecule has 3 aromatic heterocycles. The van der Waals surface area contributed by atoms with E-state index in [4.69, 9.17) is 11.2 Å². The summed E-state index contributed by atoms with van der Waals surface area (Å²) in [6, 6.07) is 10.7. The van der Waals surface area contributed by atoms with Gasteiger partial charge in [-0.2, -0.15) is 8.42 Å². The van der Waals surface area contributed by atoms with Crippen molar-refractivity contribution >= 4 is 43.3 Å². The lowest BCUT2D eigenvalue weighted by Crippen LogP contribution is -2.32. The minimum Gasteiger partial charge on any atom is -0.493 e. The van der Waals surface area contributed by atoms with Crippen molar-refractivity contribution in [2.75, 3.05) is 26.7 Å².